The molecule has 1 fully saturated rings. The highest BCUT2D eigenvalue weighted by Crippen LogP contribution is 2.21. The van der Waals surface area contributed by atoms with Crippen molar-refractivity contribution in [3.63, 3.8) is 0 Å². The highest BCUT2D eigenvalue weighted by Gasteiger charge is 2.22. The lowest BCUT2D eigenvalue weighted by Gasteiger charge is -2.36. The minimum Gasteiger partial charge on any atom is -0.346 e. The molecule has 2 aromatic carbocycles. The number of benzene rings is 2. The van der Waals surface area contributed by atoms with Gasteiger partial charge < -0.3 is 10.2 Å². The van der Waals surface area contributed by atoms with Crippen molar-refractivity contribution in [2.45, 2.75) is 20.4 Å². The number of non-ortho nitro benzene ring substituents is 1. The molecule has 166 valence electrons. The maximum atomic E-state index is 10.8. The Labute approximate surface area is 192 Å². The van der Waals surface area contributed by atoms with Crippen molar-refractivity contribution in [2.75, 3.05) is 31.5 Å². The quantitative estimate of drug-likeness (QED) is 0.359. The molecule has 1 saturated heterocycles. The lowest BCUT2D eigenvalue weighted by molar-refractivity contribution is -0.384. The average Bonchev–Trinajstić information content (AvgIpc) is 3.09. The van der Waals surface area contributed by atoms with E-state index in [0.29, 0.717) is 5.11 Å². The predicted octanol–water partition coefficient (Wildman–Crippen LogP) is 3.91. The van der Waals surface area contributed by atoms with Gasteiger partial charge in [-0.15, -0.1) is 0 Å². The average molecular weight is 451 g/mol. The maximum absolute atomic E-state index is 10.8. The summed E-state index contributed by atoms with van der Waals surface area (Å²) in [6, 6.07) is 16.5. The topological polar surface area (TPSA) is 79.5 Å². The number of nitrogens with one attached hydrogen (secondary N) is 1. The van der Waals surface area contributed by atoms with Crippen LogP contribution in [0.4, 0.5) is 11.4 Å². The van der Waals surface area contributed by atoms with E-state index in [-0.39, 0.29) is 5.69 Å². The van der Waals surface area contributed by atoms with Gasteiger partial charge in [0, 0.05) is 61.8 Å². The standard InChI is InChI=1S/C23H26N6O2S/c1-17-22(18(2)28(25-17)20-6-4-3-5-7-20)16-26-12-14-27(15-13-26)23(32)24-19-8-10-21(11-9-19)29(30)31/h3-11H,12-16H2,1-2H3,(H,24,32). The number of aromatic nitrogens is 2. The summed E-state index contributed by atoms with van der Waals surface area (Å²) in [6.45, 7) is 8.51. The fourth-order valence-electron chi connectivity index (χ4n) is 3.93. The molecular formula is C23H26N6O2S. The van der Waals surface area contributed by atoms with Crippen molar-refractivity contribution in [1.82, 2.24) is 19.6 Å². The van der Waals surface area contributed by atoms with Gasteiger partial charge in [0.2, 0.25) is 0 Å². The Balaban J connectivity index is 1.34. The Morgan fingerprint density at radius 2 is 1.72 bits per heavy atom. The molecule has 0 aliphatic carbocycles. The summed E-state index contributed by atoms with van der Waals surface area (Å²) in [5, 5.41) is 19.4. The van der Waals surface area contributed by atoms with Gasteiger partial charge in [-0.3, -0.25) is 15.0 Å². The molecule has 0 radical (unpaired) electrons. The van der Waals surface area contributed by atoms with Crippen LogP contribution in [0.3, 0.4) is 0 Å². The predicted molar refractivity (Wildman–Crippen MR) is 129 cm³/mol. The normalized spacial score (nSPS) is 14.4. The number of nitro groups is 1. The van der Waals surface area contributed by atoms with E-state index in [1.165, 1.54) is 23.4 Å². The molecule has 0 saturated carbocycles. The number of nitro benzene ring substituents is 1. The third-order valence-corrected chi connectivity index (χ3v) is 6.17. The number of thiocarbonyl (C=S) groups is 1. The maximum Gasteiger partial charge on any atom is 0.269 e. The van der Waals surface area contributed by atoms with Gasteiger partial charge in [0.1, 0.15) is 0 Å². The summed E-state index contributed by atoms with van der Waals surface area (Å²) in [5.41, 5.74) is 5.40. The zero-order valence-electron chi connectivity index (χ0n) is 18.2. The van der Waals surface area contributed by atoms with E-state index < -0.39 is 4.92 Å². The number of nitrogens with zero attached hydrogens (tertiary/aromatic N) is 5. The molecule has 0 amide bonds. The van der Waals surface area contributed by atoms with E-state index >= 15 is 0 Å². The highest BCUT2D eigenvalue weighted by atomic mass is 32.1. The molecule has 1 N–H and O–H groups in total. The zero-order valence-corrected chi connectivity index (χ0v) is 19.0. The summed E-state index contributed by atoms with van der Waals surface area (Å²) in [6.07, 6.45) is 0. The Kier molecular flexibility index (Phi) is 6.48. The first kappa shape index (κ1) is 21.9. The first-order valence-electron chi connectivity index (χ1n) is 10.6. The van der Waals surface area contributed by atoms with Gasteiger partial charge in [-0.2, -0.15) is 5.10 Å². The third kappa shape index (κ3) is 4.79. The van der Waals surface area contributed by atoms with Crippen LogP contribution in [-0.4, -0.2) is 55.8 Å². The van der Waals surface area contributed by atoms with E-state index in [2.05, 4.69) is 41.1 Å². The van der Waals surface area contributed by atoms with Crippen molar-refractivity contribution >= 4 is 28.7 Å². The van der Waals surface area contributed by atoms with Crippen LogP contribution in [0.1, 0.15) is 17.0 Å². The lowest BCUT2D eigenvalue weighted by atomic mass is 10.1. The SMILES string of the molecule is Cc1nn(-c2ccccc2)c(C)c1CN1CCN(C(=S)Nc2ccc([N+](=O)[O-])cc2)CC1. The van der Waals surface area contributed by atoms with Crippen molar-refractivity contribution in [1.29, 1.82) is 0 Å². The second kappa shape index (κ2) is 9.46. The molecule has 32 heavy (non-hydrogen) atoms. The van der Waals surface area contributed by atoms with Gasteiger partial charge in [0.05, 0.1) is 16.3 Å². The minimum atomic E-state index is -0.408. The van der Waals surface area contributed by atoms with E-state index in [9.17, 15) is 10.1 Å². The van der Waals surface area contributed by atoms with Crippen molar-refractivity contribution < 1.29 is 4.92 Å². The molecule has 3 aromatic rings. The highest BCUT2D eigenvalue weighted by molar-refractivity contribution is 7.80. The fraction of sp³-hybridized carbons (Fsp3) is 0.304. The zero-order chi connectivity index (χ0) is 22.7. The summed E-state index contributed by atoms with van der Waals surface area (Å²) in [5.74, 6) is 0. The second-order valence-electron chi connectivity index (χ2n) is 7.89. The van der Waals surface area contributed by atoms with Crippen molar-refractivity contribution in [3.8, 4) is 5.69 Å². The van der Waals surface area contributed by atoms with Gasteiger partial charge >= 0.3 is 0 Å². The Bertz CT molecular complexity index is 1110. The lowest BCUT2D eigenvalue weighted by Crippen LogP contribution is -2.49. The van der Waals surface area contributed by atoms with Gasteiger partial charge in [-0.05, 0) is 50.3 Å². The molecule has 0 unspecified atom stereocenters. The van der Waals surface area contributed by atoms with Crippen LogP contribution in [-0.2, 0) is 6.54 Å². The summed E-state index contributed by atoms with van der Waals surface area (Å²) in [4.78, 5) is 15.0. The van der Waals surface area contributed by atoms with Crippen LogP contribution in [0.5, 0.6) is 0 Å². The molecule has 1 aliphatic rings. The van der Waals surface area contributed by atoms with E-state index in [1.807, 2.05) is 22.9 Å². The molecule has 8 nitrogen and oxygen atoms in total. The second-order valence-corrected chi connectivity index (χ2v) is 8.28. The smallest absolute Gasteiger partial charge is 0.269 e. The number of hydrogen-bond acceptors (Lipinski definition) is 5. The van der Waals surface area contributed by atoms with Gasteiger partial charge in [0.25, 0.3) is 5.69 Å². The van der Waals surface area contributed by atoms with Crippen LogP contribution in [0, 0.1) is 24.0 Å². The molecule has 1 aliphatic heterocycles. The molecule has 0 bridgehead atoms. The molecule has 0 spiro atoms. The number of hydrogen-bond donors (Lipinski definition) is 1. The summed E-state index contributed by atoms with van der Waals surface area (Å²) >= 11 is 5.56. The summed E-state index contributed by atoms with van der Waals surface area (Å²) in [7, 11) is 0. The molecule has 2 heterocycles. The fourth-order valence-corrected chi connectivity index (χ4v) is 4.23. The summed E-state index contributed by atoms with van der Waals surface area (Å²) < 4.78 is 2.02. The molecular weight excluding hydrogens is 424 g/mol. The van der Waals surface area contributed by atoms with Crippen LogP contribution >= 0.6 is 12.2 Å². The molecule has 4 rings (SSSR count). The van der Waals surface area contributed by atoms with Crippen molar-refractivity contribution in [2.24, 2.45) is 0 Å². The largest absolute Gasteiger partial charge is 0.346 e. The van der Waals surface area contributed by atoms with Crippen LogP contribution in [0.15, 0.2) is 54.6 Å². The first-order chi connectivity index (χ1) is 15.4. The number of anilines is 1. The van der Waals surface area contributed by atoms with Gasteiger partial charge in [-0.1, -0.05) is 18.2 Å². The van der Waals surface area contributed by atoms with Crippen molar-refractivity contribution in [3.05, 3.63) is 81.7 Å². The molecule has 1 aromatic heterocycles. The number of para-hydroxylation sites is 1. The van der Waals surface area contributed by atoms with Crippen LogP contribution in [0.25, 0.3) is 5.69 Å². The van der Waals surface area contributed by atoms with E-state index in [4.69, 9.17) is 17.3 Å². The number of aryl methyl sites for hydroxylation is 1. The van der Waals surface area contributed by atoms with Gasteiger partial charge in [0.15, 0.2) is 5.11 Å². The van der Waals surface area contributed by atoms with Gasteiger partial charge in [-0.25, -0.2) is 4.68 Å². The Morgan fingerprint density at radius 1 is 1.06 bits per heavy atom. The first-order valence-corrected chi connectivity index (χ1v) is 11.0. The number of rotatable bonds is 5. The molecule has 9 heteroatoms. The Hall–Kier alpha value is -3.30. The number of piperazine rings is 1. The van der Waals surface area contributed by atoms with Crippen LogP contribution in [0.2, 0.25) is 0 Å². The van der Waals surface area contributed by atoms with Crippen LogP contribution < -0.4 is 5.32 Å². The molecule has 0 atom stereocenters. The minimum absolute atomic E-state index is 0.0660. The monoisotopic (exact) mass is 450 g/mol. The Morgan fingerprint density at radius 3 is 2.34 bits per heavy atom. The third-order valence-electron chi connectivity index (χ3n) is 5.81. The van der Waals surface area contributed by atoms with E-state index in [0.717, 1.165) is 49.8 Å². The van der Waals surface area contributed by atoms with E-state index in [1.54, 1.807) is 12.1 Å².